The summed E-state index contributed by atoms with van der Waals surface area (Å²) in [6.45, 7) is 3.71. The lowest BCUT2D eigenvalue weighted by molar-refractivity contribution is -0.158. The lowest BCUT2D eigenvalue weighted by Crippen LogP contribution is -2.62. The molecule has 0 aromatic heterocycles. The van der Waals surface area contributed by atoms with E-state index in [2.05, 4.69) is 16.0 Å². The van der Waals surface area contributed by atoms with E-state index in [1.54, 1.807) is 19.1 Å². The van der Waals surface area contributed by atoms with E-state index in [0.29, 0.717) is 63.5 Å². The molecule has 0 unspecified atom stereocenters. The third kappa shape index (κ3) is 9.79. The standard InChI is InChI=1S/C38H51FN6O8/c1-3-4-5-6-17-32(46)41-27(22-25-12-9-13-26(39)21-25)33(47)42-28-23-53-38(52)31-16-11-20-45(31)35(49)24(2)40-34(48)29-14-7-8-18-43(29)37(51)30-15-10-19-44(30)36(28)50/h6,9,12-13,17,21,24,27-31H,3-5,7-8,10-11,14-16,18-20,22-23H2,1-2H3,(H,40,48)(H,41,46)(H,42,47)/b17-6+/t24-,27-,28-,29+,30-,31-/m0/s1. The molecule has 0 spiro atoms. The molecule has 0 aliphatic carbocycles. The highest BCUT2D eigenvalue weighted by molar-refractivity contribution is 5.98. The number of unbranched alkanes of at least 4 members (excludes halogenated alkanes) is 2. The number of halogens is 1. The smallest absolute Gasteiger partial charge is 0.328 e. The SMILES string of the molecule is CCCC/C=C/C(=O)N[C@@H](Cc1cccc(F)c1)C(=O)N[C@H]1COC(=O)[C@@H]2CCCN2C(=O)[C@H](C)NC(=O)[C@H]2CCCCN2C(=O)[C@@H]2CCCN2C1=O. The van der Waals surface area contributed by atoms with Crippen LogP contribution in [0.15, 0.2) is 36.4 Å². The minimum Gasteiger partial charge on any atom is -0.461 e. The first kappa shape index (κ1) is 39.4. The largest absolute Gasteiger partial charge is 0.461 e. The summed E-state index contributed by atoms with van der Waals surface area (Å²) < 4.78 is 19.8. The topological polar surface area (TPSA) is 175 Å². The number of hydrogen-bond donors (Lipinski definition) is 3. The summed E-state index contributed by atoms with van der Waals surface area (Å²) in [7, 11) is 0. The van der Waals surface area contributed by atoms with Gasteiger partial charge in [0.2, 0.25) is 35.4 Å². The Hall–Kier alpha value is -4.82. The molecule has 53 heavy (non-hydrogen) atoms. The summed E-state index contributed by atoms with van der Waals surface area (Å²) in [4.78, 5) is 100. The first-order chi connectivity index (χ1) is 25.5. The number of allylic oxidation sites excluding steroid dienone is 1. The van der Waals surface area contributed by atoms with Crippen LogP contribution in [0.2, 0.25) is 0 Å². The Labute approximate surface area is 309 Å². The van der Waals surface area contributed by atoms with Crippen LogP contribution in [0.3, 0.4) is 0 Å². The number of cyclic esters (lactones) is 1. The molecule has 3 N–H and O–H groups in total. The summed E-state index contributed by atoms with van der Waals surface area (Å²) >= 11 is 0. The van der Waals surface area contributed by atoms with E-state index in [1.165, 1.54) is 39.0 Å². The Bertz CT molecular complexity index is 1590. The van der Waals surface area contributed by atoms with E-state index in [-0.39, 0.29) is 19.5 Å². The predicted molar refractivity (Wildman–Crippen MR) is 190 cm³/mol. The normalized spacial score (nSPS) is 26.4. The van der Waals surface area contributed by atoms with Crippen LogP contribution in [0.25, 0.3) is 0 Å². The van der Waals surface area contributed by atoms with E-state index in [1.807, 2.05) is 6.92 Å². The highest BCUT2D eigenvalue weighted by Crippen LogP contribution is 2.26. The lowest BCUT2D eigenvalue weighted by Gasteiger charge is -2.39. The molecule has 4 saturated heterocycles. The first-order valence-electron chi connectivity index (χ1n) is 18.9. The Kier molecular flexibility index (Phi) is 13.6. The zero-order valence-electron chi connectivity index (χ0n) is 30.5. The number of nitrogens with one attached hydrogen (secondary N) is 3. The summed E-state index contributed by atoms with van der Waals surface area (Å²) in [5.74, 6) is -4.67. The van der Waals surface area contributed by atoms with E-state index < -0.39 is 90.1 Å². The van der Waals surface area contributed by atoms with Crippen LogP contribution in [-0.2, 0) is 44.7 Å². The summed E-state index contributed by atoms with van der Waals surface area (Å²) in [5.41, 5.74) is 0.418. The molecule has 0 saturated carbocycles. The molecule has 1 aromatic rings. The number of esters is 1. The van der Waals surface area contributed by atoms with E-state index in [4.69, 9.17) is 4.74 Å². The fraction of sp³-hybridized carbons (Fsp3) is 0.605. The third-order valence-corrected chi connectivity index (χ3v) is 10.4. The monoisotopic (exact) mass is 738 g/mol. The maximum Gasteiger partial charge on any atom is 0.328 e. The summed E-state index contributed by atoms with van der Waals surface area (Å²) in [5, 5.41) is 8.09. The number of nitrogens with zero attached hydrogens (tertiary/aromatic N) is 3. The van der Waals surface area contributed by atoms with Crippen molar-refractivity contribution in [2.75, 3.05) is 26.2 Å². The molecule has 15 heteroatoms. The van der Waals surface area contributed by atoms with Crippen LogP contribution in [0.5, 0.6) is 0 Å². The molecule has 4 aliphatic heterocycles. The van der Waals surface area contributed by atoms with Gasteiger partial charge in [0, 0.05) is 26.1 Å². The van der Waals surface area contributed by atoms with Crippen molar-refractivity contribution in [1.82, 2.24) is 30.7 Å². The second-order valence-electron chi connectivity index (χ2n) is 14.3. The van der Waals surface area contributed by atoms with Crippen molar-refractivity contribution >= 4 is 41.4 Å². The molecule has 6 atom stereocenters. The van der Waals surface area contributed by atoms with Crippen molar-refractivity contribution in [2.45, 2.75) is 121 Å². The van der Waals surface area contributed by atoms with Crippen molar-refractivity contribution in [2.24, 2.45) is 0 Å². The van der Waals surface area contributed by atoms with Crippen LogP contribution in [-0.4, -0.2) is 119 Å². The minimum atomic E-state index is -1.47. The van der Waals surface area contributed by atoms with Gasteiger partial charge in [0.25, 0.3) is 0 Å². The number of carbonyl (C=O) groups excluding carboxylic acids is 7. The Balaban J connectivity index is 1.45. The molecule has 4 heterocycles. The molecule has 5 rings (SSSR count). The summed E-state index contributed by atoms with van der Waals surface area (Å²) in [6.07, 6.45) is 8.76. The average Bonchev–Trinajstić information content (AvgIpc) is 3.84. The molecule has 0 radical (unpaired) electrons. The fourth-order valence-electron chi connectivity index (χ4n) is 7.59. The Morgan fingerprint density at radius 1 is 0.925 bits per heavy atom. The van der Waals surface area contributed by atoms with Crippen LogP contribution >= 0.6 is 0 Å². The van der Waals surface area contributed by atoms with Gasteiger partial charge in [0.15, 0.2) is 0 Å². The van der Waals surface area contributed by atoms with Crippen molar-refractivity contribution in [3.05, 3.63) is 47.8 Å². The van der Waals surface area contributed by atoms with Crippen molar-refractivity contribution in [1.29, 1.82) is 0 Å². The van der Waals surface area contributed by atoms with E-state index >= 15 is 0 Å². The number of benzene rings is 1. The number of hydrogen-bond acceptors (Lipinski definition) is 8. The quantitative estimate of drug-likeness (QED) is 0.194. The number of carbonyl (C=O) groups is 7. The van der Waals surface area contributed by atoms with Crippen LogP contribution in [0, 0.1) is 5.82 Å². The van der Waals surface area contributed by atoms with Crippen molar-refractivity contribution in [3.63, 3.8) is 0 Å². The molecular formula is C38H51FN6O8. The fourth-order valence-corrected chi connectivity index (χ4v) is 7.59. The molecule has 4 aliphatic rings. The Morgan fingerprint density at radius 2 is 1.60 bits per heavy atom. The van der Waals surface area contributed by atoms with E-state index in [0.717, 1.165) is 12.8 Å². The van der Waals surface area contributed by atoms with Gasteiger partial charge >= 0.3 is 5.97 Å². The molecule has 6 amide bonds. The van der Waals surface area contributed by atoms with Gasteiger partial charge in [-0.25, -0.2) is 9.18 Å². The van der Waals surface area contributed by atoms with Crippen LogP contribution < -0.4 is 16.0 Å². The van der Waals surface area contributed by atoms with Crippen molar-refractivity contribution < 1.29 is 42.7 Å². The van der Waals surface area contributed by atoms with Gasteiger partial charge in [-0.15, -0.1) is 0 Å². The highest BCUT2D eigenvalue weighted by atomic mass is 19.1. The summed E-state index contributed by atoms with van der Waals surface area (Å²) in [6, 6.07) is -0.834. The molecule has 14 nitrogen and oxygen atoms in total. The van der Waals surface area contributed by atoms with E-state index in [9.17, 15) is 38.0 Å². The average molecular weight is 739 g/mol. The van der Waals surface area contributed by atoms with Gasteiger partial charge in [-0.2, -0.15) is 0 Å². The molecule has 0 bridgehead atoms. The van der Waals surface area contributed by atoms with Gasteiger partial charge in [-0.05, 0) is 82.1 Å². The molecular weight excluding hydrogens is 687 g/mol. The number of rotatable bonds is 9. The predicted octanol–water partition coefficient (Wildman–Crippen LogP) is 1.51. The second kappa shape index (κ2) is 18.3. The Morgan fingerprint density at radius 3 is 2.34 bits per heavy atom. The molecule has 288 valence electrons. The van der Waals surface area contributed by atoms with Crippen molar-refractivity contribution in [3.8, 4) is 0 Å². The highest BCUT2D eigenvalue weighted by Gasteiger charge is 2.45. The first-order valence-corrected chi connectivity index (χ1v) is 18.9. The minimum absolute atomic E-state index is 0.112. The number of amides is 6. The maximum absolute atomic E-state index is 14.4. The van der Waals surface area contributed by atoms with Gasteiger partial charge in [0.1, 0.15) is 48.7 Å². The number of ether oxygens (including phenoxy) is 1. The zero-order valence-corrected chi connectivity index (χ0v) is 30.5. The molecule has 1 aromatic carbocycles. The zero-order chi connectivity index (χ0) is 38.1. The van der Waals surface area contributed by atoms with Crippen LogP contribution in [0.1, 0.15) is 83.6 Å². The van der Waals surface area contributed by atoms with Gasteiger partial charge in [-0.3, -0.25) is 28.8 Å². The lowest BCUT2D eigenvalue weighted by atomic mass is 9.99. The second-order valence-corrected chi connectivity index (χ2v) is 14.3. The number of piperidine rings is 1. The van der Waals surface area contributed by atoms with Gasteiger partial charge in [0.05, 0.1) is 0 Å². The maximum atomic E-state index is 14.4. The van der Waals surface area contributed by atoms with Gasteiger partial charge in [-0.1, -0.05) is 38.0 Å². The third-order valence-electron chi connectivity index (χ3n) is 10.4. The number of fused-ring (bicyclic) bond motifs is 3. The van der Waals surface area contributed by atoms with Crippen LogP contribution in [0.4, 0.5) is 4.39 Å². The van der Waals surface area contributed by atoms with Gasteiger partial charge < -0.3 is 35.4 Å². The molecule has 4 fully saturated rings.